The minimum Gasteiger partial charge on any atom is -0.399 e. The Balaban J connectivity index is 2.44. The maximum atomic E-state index is 12.5. The van der Waals surface area contributed by atoms with Crippen LogP contribution in [0.3, 0.4) is 0 Å². The molecule has 2 aromatic rings. The Labute approximate surface area is 121 Å². The number of nitro benzene ring substituents is 1. The van der Waals surface area contributed by atoms with E-state index in [2.05, 4.69) is 0 Å². The van der Waals surface area contributed by atoms with Gasteiger partial charge in [-0.05, 0) is 36.8 Å². The minimum absolute atomic E-state index is 0.0241. The minimum atomic E-state index is -0.587. The van der Waals surface area contributed by atoms with Crippen LogP contribution < -0.4 is 10.6 Å². The van der Waals surface area contributed by atoms with Crippen molar-refractivity contribution in [2.45, 2.75) is 6.92 Å². The van der Waals surface area contributed by atoms with Crippen LogP contribution in [0.15, 0.2) is 42.5 Å². The molecule has 6 heteroatoms. The lowest BCUT2D eigenvalue weighted by molar-refractivity contribution is -0.385. The number of aryl methyl sites for hydroxylation is 1. The molecule has 1 amide bonds. The molecule has 2 N–H and O–H groups in total. The van der Waals surface area contributed by atoms with Crippen LogP contribution >= 0.6 is 0 Å². The van der Waals surface area contributed by atoms with Crippen molar-refractivity contribution >= 4 is 23.0 Å². The molecule has 0 spiro atoms. The molecule has 0 bridgehead atoms. The summed E-state index contributed by atoms with van der Waals surface area (Å²) in [4.78, 5) is 24.3. The lowest BCUT2D eigenvalue weighted by atomic mass is 10.1. The molecule has 108 valence electrons. The van der Waals surface area contributed by atoms with E-state index in [0.717, 1.165) is 5.56 Å². The summed E-state index contributed by atoms with van der Waals surface area (Å²) >= 11 is 0. The molecule has 21 heavy (non-hydrogen) atoms. The maximum absolute atomic E-state index is 12.5. The van der Waals surface area contributed by atoms with Crippen molar-refractivity contribution in [1.82, 2.24) is 0 Å². The Kier molecular flexibility index (Phi) is 3.89. The van der Waals surface area contributed by atoms with Crippen molar-refractivity contribution in [2.75, 3.05) is 17.7 Å². The van der Waals surface area contributed by atoms with Gasteiger partial charge in [0.25, 0.3) is 11.6 Å². The average molecular weight is 285 g/mol. The highest BCUT2D eigenvalue weighted by molar-refractivity contribution is 6.08. The SMILES string of the molecule is Cc1cccc(N(C)C(=O)c2cc(N)ccc2[N+](=O)[O-])c1. The van der Waals surface area contributed by atoms with Gasteiger partial charge in [0.1, 0.15) is 5.56 Å². The highest BCUT2D eigenvalue weighted by atomic mass is 16.6. The number of hydrogen-bond donors (Lipinski definition) is 1. The number of anilines is 2. The molecule has 2 aromatic carbocycles. The predicted octanol–water partition coefficient (Wildman–Crippen LogP) is 2.76. The fourth-order valence-electron chi connectivity index (χ4n) is 2.02. The number of hydrogen-bond acceptors (Lipinski definition) is 4. The molecule has 0 atom stereocenters. The molecule has 0 radical (unpaired) electrons. The summed E-state index contributed by atoms with van der Waals surface area (Å²) in [6.45, 7) is 1.91. The zero-order valence-corrected chi connectivity index (χ0v) is 11.7. The van der Waals surface area contributed by atoms with Gasteiger partial charge in [-0.3, -0.25) is 14.9 Å². The second kappa shape index (κ2) is 5.62. The number of carbonyl (C=O) groups excluding carboxylic acids is 1. The van der Waals surface area contributed by atoms with Crippen molar-refractivity contribution < 1.29 is 9.72 Å². The van der Waals surface area contributed by atoms with E-state index in [0.29, 0.717) is 11.4 Å². The summed E-state index contributed by atoms with van der Waals surface area (Å²) in [5.41, 5.74) is 7.32. The van der Waals surface area contributed by atoms with Crippen molar-refractivity contribution in [2.24, 2.45) is 0 Å². The number of carbonyl (C=O) groups is 1. The van der Waals surface area contributed by atoms with Crippen molar-refractivity contribution in [3.63, 3.8) is 0 Å². The molecular weight excluding hydrogens is 270 g/mol. The summed E-state index contributed by atoms with van der Waals surface area (Å²) in [5, 5.41) is 11.0. The second-order valence-electron chi connectivity index (χ2n) is 4.74. The fraction of sp³-hybridized carbons (Fsp3) is 0.133. The van der Waals surface area contributed by atoms with E-state index in [9.17, 15) is 14.9 Å². The maximum Gasteiger partial charge on any atom is 0.282 e. The number of nitrogens with two attached hydrogens (primary N) is 1. The van der Waals surface area contributed by atoms with Crippen LogP contribution in [0.25, 0.3) is 0 Å². The normalized spacial score (nSPS) is 10.2. The Morgan fingerprint density at radius 2 is 1.95 bits per heavy atom. The van der Waals surface area contributed by atoms with Gasteiger partial charge in [0.05, 0.1) is 4.92 Å². The highest BCUT2D eigenvalue weighted by Gasteiger charge is 2.23. The van der Waals surface area contributed by atoms with Gasteiger partial charge in [0.2, 0.25) is 0 Å². The Morgan fingerprint density at radius 3 is 2.57 bits per heavy atom. The first kappa shape index (κ1) is 14.5. The number of amides is 1. The zero-order chi connectivity index (χ0) is 15.6. The van der Waals surface area contributed by atoms with Gasteiger partial charge in [0, 0.05) is 24.5 Å². The van der Waals surface area contributed by atoms with E-state index in [1.54, 1.807) is 13.1 Å². The third-order valence-electron chi connectivity index (χ3n) is 3.14. The molecule has 0 saturated carbocycles. The number of rotatable bonds is 3. The monoisotopic (exact) mass is 285 g/mol. The smallest absolute Gasteiger partial charge is 0.282 e. The molecule has 2 rings (SSSR count). The first-order valence-corrected chi connectivity index (χ1v) is 6.29. The quantitative estimate of drug-likeness (QED) is 0.533. The van der Waals surface area contributed by atoms with E-state index < -0.39 is 10.8 Å². The molecule has 0 aliphatic heterocycles. The first-order valence-electron chi connectivity index (χ1n) is 6.29. The standard InChI is InChI=1S/C15H15N3O3/c1-10-4-3-5-12(8-10)17(2)15(19)13-9-11(16)6-7-14(13)18(20)21/h3-9H,16H2,1-2H3. The first-order chi connectivity index (χ1) is 9.90. The summed E-state index contributed by atoms with van der Waals surface area (Å²) in [5.74, 6) is -0.473. The molecular formula is C15H15N3O3. The van der Waals surface area contributed by atoms with Crippen LogP contribution in [-0.4, -0.2) is 17.9 Å². The summed E-state index contributed by atoms with van der Waals surface area (Å²) in [6, 6.07) is 11.3. The molecule has 6 nitrogen and oxygen atoms in total. The molecule has 0 saturated heterocycles. The Hall–Kier alpha value is -2.89. The largest absolute Gasteiger partial charge is 0.399 e. The number of nitrogen functional groups attached to an aromatic ring is 1. The van der Waals surface area contributed by atoms with Gasteiger partial charge in [-0.25, -0.2) is 0 Å². The fourth-order valence-corrected chi connectivity index (χ4v) is 2.02. The van der Waals surface area contributed by atoms with Crippen LogP contribution in [0.1, 0.15) is 15.9 Å². The predicted molar refractivity (Wildman–Crippen MR) is 81.4 cm³/mol. The van der Waals surface area contributed by atoms with E-state index in [1.165, 1.54) is 23.1 Å². The van der Waals surface area contributed by atoms with Crippen LogP contribution in [0.5, 0.6) is 0 Å². The van der Waals surface area contributed by atoms with Crippen molar-refractivity contribution in [1.29, 1.82) is 0 Å². The Bertz CT molecular complexity index is 713. The third-order valence-corrected chi connectivity index (χ3v) is 3.14. The van der Waals surface area contributed by atoms with Crippen LogP contribution in [0.4, 0.5) is 17.1 Å². The second-order valence-corrected chi connectivity index (χ2v) is 4.74. The van der Waals surface area contributed by atoms with Crippen molar-refractivity contribution in [3.05, 3.63) is 63.7 Å². The van der Waals surface area contributed by atoms with Gasteiger partial charge in [-0.15, -0.1) is 0 Å². The van der Waals surface area contributed by atoms with E-state index in [-0.39, 0.29) is 11.3 Å². The lowest BCUT2D eigenvalue weighted by Gasteiger charge is -2.18. The van der Waals surface area contributed by atoms with Crippen LogP contribution in [0.2, 0.25) is 0 Å². The van der Waals surface area contributed by atoms with Gasteiger partial charge in [-0.1, -0.05) is 12.1 Å². The molecule has 0 unspecified atom stereocenters. The molecule has 0 heterocycles. The van der Waals surface area contributed by atoms with Gasteiger partial charge in [-0.2, -0.15) is 0 Å². The van der Waals surface area contributed by atoms with E-state index >= 15 is 0 Å². The average Bonchev–Trinajstić information content (AvgIpc) is 2.45. The number of benzene rings is 2. The topological polar surface area (TPSA) is 89.5 Å². The highest BCUT2D eigenvalue weighted by Crippen LogP contribution is 2.25. The van der Waals surface area contributed by atoms with Gasteiger partial charge < -0.3 is 10.6 Å². The van der Waals surface area contributed by atoms with Crippen LogP contribution in [-0.2, 0) is 0 Å². The molecule has 0 fully saturated rings. The summed E-state index contributed by atoms with van der Waals surface area (Å²) < 4.78 is 0. The lowest BCUT2D eigenvalue weighted by Crippen LogP contribution is -2.27. The van der Waals surface area contributed by atoms with Gasteiger partial charge >= 0.3 is 0 Å². The Morgan fingerprint density at radius 1 is 1.24 bits per heavy atom. The molecule has 0 aromatic heterocycles. The van der Waals surface area contributed by atoms with E-state index in [1.807, 2.05) is 25.1 Å². The van der Waals surface area contributed by atoms with Crippen molar-refractivity contribution in [3.8, 4) is 0 Å². The zero-order valence-electron chi connectivity index (χ0n) is 11.7. The van der Waals surface area contributed by atoms with Gasteiger partial charge in [0.15, 0.2) is 0 Å². The molecule has 0 aliphatic rings. The summed E-state index contributed by atoms with van der Waals surface area (Å²) in [7, 11) is 1.57. The number of nitrogens with zero attached hydrogens (tertiary/aromatic N) is 2. The third kappa shape index (κ3) is 3.00. The number of nitro groups is 1. The van der Waals surface area contributed by atoms with Crippen LogP contribution in [0, 0.1) is 17.0 Å². The molecule has 0 aliphatic carbocycles. The summed E-state index contributed by atoms with van der Waals surface area (Å²) in [6.07, 6.45) is 0. The van der Waals surface area contributed by atoms with E-state index in [4.69, 9.17) is 5.73 Å².